The SMILES string of the molecule is CCCCN(CC)C(=O)C(O)C(O)C=O. The fourth-order valence-corrected chi connectivity index (χ4v) is 1.18. The van der Waals surface area contributed by atoms with Crippen LogP contribution in [0, 0.1) is 0 Å². The Balaban J connectivity index is 4.29. The molecular formula is C10H19NO4. The zero-order valence-electron chi connectivity index (χ0n) is 9.22. The number of amides is 1. The van der Waals surface area contributed by atoms with Gasteiger partial charge in [-0.15, -0.1) is 0 Å². The van der Waals surface area contributed by atoms with Crippen molar-refractivity contribution < 1.29 is 19.8 Å². The topological polar surface area (TPSA) is 77.8 Å². The van der Waals surface area contributed by atoms with Crippen molar-refractivity contribution in [3.63, 3.8) is 0 Å². The van der Waals surface area contributed by atoms with E-state index in [0.29, 0.717) is 13.1 Å². The van der Waals surface area contributed by atoms with Crippen molar-refractivity contribution in [2.75, 3.05) is 13.1 Å². The molecule has 0 aliphatic rings. The number of aldehydes is 1. The zero-order chi connectivity index (χ0) is 11.8. The van der Waals surface area contributed by atoms with E-state index in [-0.39, 0.29) is 6.29 Å². The van der Waals surface area contributed by atoms with Crippen molar-refractivity contribution >= 4 is 12.2 Å². The van der Waals surface area contributed by atoms with Crippen molar-refractivity contribution in [2.45, 2.75) is 38.9 Å². The van der Waals surface area contributed by atoms with Crippen LogP contribution < -0.4 is 0 Å². The summed E-state index contributed by atoms with van der Waals surface area (Å²) in [6.07, 6.45) is -1.33. The normalized spacial score (nSPS) is 14.4. The highest BCUT2D eigenvalue weighted by molar-refractivity contribution is 5.84. The van der Waals surface area contributed by atoms with Gasteiger partial charge in [-0.1, -0.05) is 13.3 Å². The highest BCUT2D eigenvalue weighted by atomic mass is 16.3. The van der Waals surface area contributed by atoms with Gasteiger partial charge in [0.15, 0.2) is 12.4 Å². The fraction of sp³-hybridized carbons (Fsp3) is 0.800. The predicted octanol–water partition coefficient (Wildman–Crippen LogP) is -0.444. The molecule has 0 aromatic heterocycles. The van der Waals surface area contributed by atoms with Gasteiger partial charge in [0.1, 0.15) is 6.10 Å². The number of hydrogen-bond donors (Lipinski definition) is 2. The van der Waals surface area contributed by atoms with E-state index >= 15 is 0 Å². The molecule has 0 aliphatic carbocycles. The van der Waals surface area contributed by atoms with E-state index in [1.165, 1.54) is 4.90 Å². The number of unbranched alkanes of at least 4 members (excludes halogenated alkanes) is 1. The third-order valence-electron chi connectivity index (χ3n) is 2.19. The number of carbonyl (C=O) groups is 2. The number of carbonyl (C=O) groups excluding carboxylic acids is 2. The summed E-state index contributed by atoms with van der Waals surface area (Å²) < 4.78 is 0. The summed E-state index contributed by atoms with van der Waals surface area (Å²) in [5.74, 6) is -0.592. The molecule has 0 saturated heterocycles. The molecule has 0 rings (SSSR count). The van der Waals surface area contributed by atoms with E-state index in [1.54, 1.807) is 6.92 Å². The molecule has 88 valence electrons. The Morgan fingerprint density at radius 3 is 2.40 bits per heavy atom. The van der Waals surface area contributed by atoms with Crippen LogP contribution >= 0.6 is 0 Å². The Morgan fingerprint density at radius 1 is 1.40 bits per heavy atom. The largest absolute Gasteiger partial charge is 0.382 e. The summed E-state index contributed by atoms with van der Waals surface area (Å²) in [7, 11) is 0. The zero-order valence-corrected chi connectivity index (χ0v) is 9.22. The lowest BCUT2D eigenvalue weighted by Gasteiger charge is -2.24. The highest BCUT2D eigenvalue weighted by Crippen LogP contribution is 2.01. The minimum atomic E-state index is -1.64. The number of likely N-dealkylation sites (N-methyl/N-ethyl adjacent to an activating group) is 1. The minimum Gasteiger partial charge on any atom is -0.382 e. The Bertz CT molecular complexity index is 208. The quantitative estimate of drug-likeness (QED) is 0.566. The average molecular weight is 217 g/mol. The first kappa shape index (κ1) is 14.1. The summed E-state index contributed by atoms with van der Waals surface area (Å²) in [5.41, 5.74) is 0. The van der Waals surface area contributed by atoms with Gasteiger partial charge in [-0.2, -0.15) is 0 Å². The lowest BCUT2D eigenvalue weighted by Crippen LogP contribution is -2.45. The Morgan fingerprint density at radius 2 is 2.00 bits per heavy atom. The van der Waals surface area contributed by atoms with Gasteiger partial charge in [0, 0.05) is 13.1 Å². The molecule has 0 aliphatic heterocycles. The van der Waals surface area contributed by atoms with Crippen molar-refractivity contribution in [1.82, 2.24) is 4.90 Å². The predicted molar refractivity (Wildman–Crippen MR) is 55.2 cm³/mol. The summed E-state index contributed by atoms with van der Waals surface area (Å²) in [4.78, 5) is 23.2. The van der Waals surface area contributed by atoms with Crippen molar-refractivity contribution in [2.24, 2.45) is 0 Å². The molecule has 5 heteroatoms. The van der Waals surface area contributed by atoms with Gasteiger partial charge in [0.25, 0.3) is 5.91 Å². The van der Waals surface area contributed by atoms with Crippen LogP contribution in [0.5, 0.6) is 0 Å². The molecule has 0 aromatic rings. The third-order valence-corrected chi connectivity index (χ3v) is 2.19. The molecule has 0 saturated carbocycles. The number of hydrogen-bond acceptors (Lipinski definition) is 4. The highest BCUT2D eigenvalue weighted by Gasteiger charge is 2.27. The maximum Gasteiger partial charge on any atom is 0.254 e. The van der Waals surface area contributed by atoms with Crippen molar-refractivity contribution in [3.8, 4) is 0 Å². The maximum atomic E-state index is 11.5. The van der Waals surface area contributed by atoms with Crippen LogP contribution in [0.4, 0.5) is 0 Å². The molecule has 0 aromatic carbocycles. The van der Waals surface area contributed by atoms with Gasteiger partial charge in [-0.05, 0) is 13.3 Å². The van der Waals surface area contributed by atoms with Crippen LogP contribution in [0.25, 0.3) is 0 Å². The van der Waals surface area contributed by atoms with Gasteiger partial charge in [0.05, 0.1) is 0 Å². The number of rotatable bonds is 7. The molecule has 0 radical (unpaired) electrons. The summed E-state index contributed by atoms with van der Waals surface area (Å²) in [5, 5.41) is 18.3. The van der Waals surface area contributed by atoms with Crippen molar-refractivity contribution in [3.05, 3.63) is 0 Å². The van der Waals surface area contributed by atoms with Gasteiger partial charge >= 0.3 is 0 Å². The molecule has 0 heterocycles. The maximum absolute atomic E-state index is 11.5. The number of aliphatic hydroxyl groups excluding tert-OH is 2. The molecule has 0 fully saturated rings. The smallest absolute Gasteiger partial charge is 0.254 e. The number of nitrogens with zero attached hydrogens (tertiary/aromatic N) is 1. The summed E-state index contributed by atoms with van der Waals surface area (Å²) >= 11 is 0. The summed E-state index contributed by atoms with van der Waals surface area (Å²) in [6.45, 7) is 4.78. The van der Waals surface area contributed by atoms with E-state index in [9.17, 15) is 14.7 Å². The molecule has 0 spiro atoms. The Hall–Kier alpha value is -0.940. The molecule has 15 heavy (non-hydrogen) atoms. The second-order valence-electron chi connectivity index (χ2n) is 3.34. The summed E-state index contributed by atoms with van der Waals surface area (Å²) in [6, 6.07) is 0. The van der Waals surface area contributed by atoms with Crippen LogP contribution in [-0.4, -0.2) is 52.6 Å². The van der Waals surface area contributed by atoms with Crippen LogP contribution in [0.15, 0.2) is 0 Å². The first-order valence-electron chi connectivity index (χ1n) is 5.18. The standard InChI is InChI=1S/C10H19NO4/c1-3-5-6-11(4-2)10(15)9(14)8(13)7-12/h7-9,13-14H,3-6H2,1-2H3. The Labute approximate surface area is 89.7 Å². The third kappa shape index (κ3) is 4.40. The second-order valence-corrected chi connectivity index (χ2v) is 3.34. The molecule has 5 nitrogen and oxygen atoms in total. The molecule has 1 amide bonds. The number of aliphatic hydroxyl groups is 2. The first-order valence-corrected chi connectivity index (χ1v) is 5.18. The molecule has 2 unspecified atom stereocenters. The van der Waals surface area contributed by atoms with E-state index in [4.69, 9.17) is 5.11 Å². The van der Waals surface area contributed by atoms with Gasteiger partial charge < -0.3 is 19.9 Å². The van der Waals surface area contributed by atoms with Crippen LogP contribution in [0.1, 0.15) is 26.7 Å². The molecular weight excluding hydrogens is 198 g/mol. The van der Waals surface area contributed by atoms with E-state index in [0.717, 1.165) is 12.8 Å². The van der Waals surface area contributed by atoms with Crippen molar-refractivity contribution in [1.29, 1.82) is 0 Å². The first-order chi connectivity index (χ1) is 7.08. The molecule has 2 atom stereocenters. The van der Waals surface area contributed by atoms with Crippen LogP contribution in [-0.2, 0) is 9.59 Å². The monoisotopic (exact) mass is 217 g/mol. The average Bonchev–Trinajstić information content (AvgIpc) is 2.27. The molecule has 2 N–H and O–H groups in total. The van der Waals surface area contributed by atoms with Gasteiger partial charge in [-0.3, -0.25) is 4.79 Å². The second kappa shape index (κ2) is 7.36. The fourth-order valence-electron chi connectivity index (χ4n) is 1.18. The van der Waals surface area contributed by atoms with Crippen LogP contribution in [0.3, 0.4) is 0 Å². The van der Waals surface area contributed by atoms with E-state index in [1.807, 2.05) is 6.92 Å². The molecule has 0 bridgehead atoms. The van der Waals surface area contributed by atoms with E-state index < -0.39 is 18.1 Å². The van der Waals surface area contributed by atoms with Crippen LogP contribution in [0.2, 0.25) is 0 Å². The van der Waals surface area contributed by atoms with Gasteiger partial charge in [0.2, 0.25) is 0 Å². The van der Waals surface area contributed by atoms with E-state index in [2.05, 4.69) is 0 Å². The lowest BCUT2D eigenvalue weighted by atomic mass is 10.2. The Kier molecular flexibility index (Phi) is 6.90. The van der Waals surface area contributed by atoms with Gasteiger partial charge in [-0.25, -0.2) is 0 Å². The lowest BCUT2D eigenvalue weighted by molar-refractivity contribution is -0.148. The minimum absolute atomic E-state index is 0.163.